The van der Waals surface area contributed by atoms with Crippen LogP contribution in [0.1, 0.15) is 12.0 Å². The molecular weight excluding hydrogens is 240 g/mol. The highest BCUT2D eigenvalue weighted by molar-refractivity contribution is 6.30. The molecule has 1 aliphatic heterocycles. The van der Waals surface area contributed by atoms with Crippen molar-refractivity contribution in [1.29, 1.82) is 0 Å². The minimum atomic E-state index is -0.420. The van der Waals surface area contributed by atoms with Crippen LogP contribution in [0.5, 0.6) is 0 Å². The summed E-state index contributed by atoms with van der Waals surface area (Å²) < 4.78 is 0. The minimum Gasteiger partial charge on any atom is -0.392 e. The van der Waals surface area contributed by atoms with Crippen LogP contribution in [0.2, 0.25) is 5.02 Å². The Labute approximate surface area is 105 Å². The normalized spacial score (nSPS) is 23.6. The van der Waals surface area contributed by atoms with Gasteiger partial charge in [-0.25, -0.2) is 0 Å². The Hall–Kier alpha value is -1.10. The van der Waals surface area contributed by atoms with Crippen LogP contribution >= 0.6 is 11.6 Å². The Morgan fingerprint density at radius 3 is 3.06 bits per heavy atom. The third-order valence-electron chi connectivity index (χ3n) is 2.78. The molecule has 1 aliphatic rings. The Morgan fingerprint density at radius 2 is 2.41 bits per heavy atom. The fourth-order valence-corrected chi connectivity index (χ4v) is 2.09. The molecular formula is C12H15ClN2O2. The number of hydrogen-bond donors (Lipinski definition) is 3. The standard InChI is InChI=1S/C12H15ClN2O2/c13-9-3-1-2-8(4-9)6-15-12(17)11-5-10(16)7-14-11/h1-4,10-11,14,16H,5-7H2,(H,15,17). The monoisotopic (exact) mass is 254 g/mol. The van der Waals surface area contributed by atoms with Gasteiger partial charge in [-0.3, -0.25) is 4.79 Å². The first kappa shape index (κ1) is 12.4. The van der Waals surface area contributed by atoms with Crippen molar-refractivity contribution >= 4 is 17.5 Å². The van der Waals surface area contributed by atoms with Gasteiger partial charge in [0, 0.05) is 18.1 Å². The van der Waals surface area contributed by atoms with Crippen LogP contribution in [0.25, 0.3) is 0 Å². The SMILES string of the molecule is O=C(NCc1cccc(Cl)c1)C1CC(O)CN1. The summed E-state index contributed by atoms with van der Waals surface area (Å²) in [5.74, 6) is -0.0819. The predicted octanol–water partition coefficient (Wildman–Crippen LogP) is 0.679. The van der Waals surface area contributed by atoms with E-state index >= 15 is 0 Å². The fourth-order valence-electron chi connectivity index (χ4n) is 1.88. The second-order valence-corrected chi connectivity index (χ2v) is 4.63. The van der Waals surface area contributed by atoms with Gasteiger partial charge in [-0.2, -0.15) is 0 Å². The molecule has 2 atom stereocenters. The highest BCUT2D eigenvalue weighted by atomic mass is 35.5. The summed E-state index contributed by atoms with van der Waals surface area (Å²) in [6.45, 7) is 0.933. The number of halogens is 1. The lowest BCUT2D eigenvalue weighted by Crippen LogP contribution is -2.39. The summed E-state index contributed by atoms with van der Waals surface area (Å²) in [6, 6.07) is 7.08. The maximum atomic E-state index is 11.7. The van der Waals surface area contributed by atoms with E-state index in [4.69, 9.17) is 11.6 Å². The summed E-state index contributed by atoms with van der Waals surface area (Å²) >= 11 is 5.85. The van der Waals surface area contributed by atoms with Gasteiger partial charge in [0.2, 0.25) is 5.91 Å². The predicted molar refractivity (Wildman–Crippen MR) is 65.7 cm³/mol. The Bertz CT molecular complexity index is 411. The van der Waals surface area contributed by atoms with Gasteiger partial charge in [0.15, 0.2) is 0 Å². The Morgan fingerprint density at radius 1 is 1.59 bits per heavy atom. The fraction of sp³-hybridized carbons (Fsp3) is 0.417. The van der Waals surface area contributed by atoms with Crippen LogP contribution in [-0.4, -0.2) is 29.7 Å². The van der Waals surface area contributed by atoms with Crippen molar-refractivity contribution in [3.63, 3.8) is 0 Å². The third kappa shape index (κ3) is 3.43. The molecule has 2 rings (SSSR count). The molecule has 5 heteroatoms. The first-order chi connectivity index (χ1) is 8.15. The van der Waals surface area contributed by atoms with Gasteiger partial charge in [0.05, 0.1) is 12.1 Å². The lowest BCUT2D eigenvalue weighted by molar-refractivity contribution is -0.123. The number of carbonyl (C=O) groups excluding carboxylic acids is 1. The van der Waals surface area contributed by atoms with E-state index in [2.05, 4.69) is 10.6 Å². The number of carbonyl (C=O) groups is 1. The van der Waals surface area contributed by atoms with Crippen LogP contribution in [0.15, 0.2) is 24.3 Å². The number of aliphatic hydroxyl groups excluding tert-OH is 1. The lowest BCUT2D eigenvalue weighted by atomic mass is 10.2. The van der Waals surface area contributed by atoms with Crippen LogP contribution in [0, 0.1) is 0 Å². The number of aliphatic hydroxyl groups is 1. The summed E-state index contributed by atoms with van der Waals surface area (Å²) in [5.41, 5.74) is 0.962. The van der Waals surface area contributed by atoms with Gasteiger partial charge in [-0.05, 0) is 24.1 Å². The van der Waals surface area contributed by atoms with E-state index in [9.17, 15) is 9.90 Å². The number of hydrogen-bond acceptors (Lipinski definition) is 3. The quantitative estimate of drug-likeness (QED) is 0.743. The van der Waals surface area contributed by atoms with Crippen LogP contribution in [0.4, 0.5) is 0 Å². The molecule has 0 aliphatic carbocycles. The van der Waals surface area contributed by atoms with E-state index in [1.54, 1.807) is 6.07 Å². The molecule has 1 saturated heterocycles. The molecule has 1 aromatic rings. The molecule has 0 saturated carbocycles. The zero-order valence-corrected chi connectivity index (χ0v) is 10.1. The van der Waals surface area contributed by atoms with Crippen molar-refractivity contribution in [2.24, 2.45) is 0 Å². The molecule has 17 heavy (non-hydrogen) atoms. The maximum Gasteiger partial charge on any atom is 0.237 e. The molecule has 1 aromatic carbocycles. The van der Waals surface area contributed by atoms with E-state index in [1.165, 1.54) is 0 Å². The molecule has 0 aromatic heterocycles. The molecule has 2 unspecified atom stereocenters. The zero-order valence-electron chi connectivity index (χ0n) is 9.32. The second-order valence-electron chi connectivity index (χ2n) is 4.20. The minimum absolute atomic E-state index is 0.0819. The lowest BCUT2D eigenvalue weighted by Gasteiger charge is -2.11. The molecule has 4 nitrogen and oxygen atoms in total. The van der Waals surface area contributed by atoms with E-state index in [-0.39, 0.29) is 11.9 Å². The summed E-state index contributed by atoms with van der Waals surface area (Å²) in [4.78, 5) is 11.7. The van der Waals surface area contributed by atoms with E-state index in [0.29, 0.717) is 24.5 Å². The van der Waals surface area contributed by atoms with E-state index in [0.717, 1.165) is 5.56 Å². The number of nitrogens with one attached hydrogen (secondary N) is 2. The summed E-state index contributed by atoms with van der Waals surface area (Å²) in [5, 5.41) is 15.8. The Balaban J connectivity index is 1.84. The van der Waals surface area contributed by atoms with Crippen molar-refractivity contribution in [2.45, 2.75) is 25.1 Å². The second kappa shape index (κ2) is 5.49. The number of rotatable bonds is 3. The Kier molecular flexibility index (Phi) is 3.99. The molecule has 0 spiro atoms. The van der Waals surface area contributed by atoms with Crippen LogP contribution in [-0.2, 0) is 11.3 Å². The molecule has 1 amide bonds. The van der Waals surface area contributed by atoms with Crippen molar-refractivity contribution in [3.8, 4) is 0 Å². The molecule has 1 fully saturated rings. The van der Waals surface area contributed by atoms with Crippen molar-refractivity contribution in [2.75, 3.05) is 6.54 Å². The smallest absolute Gasteiger partial charge is 0.237 e. The number of amides is 1. The maximum absolute atomic E-state index is 11.7. The first-order valence-corrected chi connectivity index (χ1v) is 5.96. The number of β-amino-alcohol motifs (C(OH)–C–C–N with tert-alkyl or cyclic N) is 1. The topological polar surface area (TPSA) is 61.4 Å². The van der Waals surface area contributed by atoms with Gasteiger partial charge in [-0.1, -0.05) is 23.7 Å². The van der Waals surface area contributed by atoms with Gasteiger partial charge in [0.1, 0.15) is 0 Å². The number of benzene rings is 1. The van der Waals surface area contributed by atoms with Gasteiger partial charge in [0.25, 0.3) is 0 Å². The zero-order chi connectivity index (χ0) is 12.3. The van der Waals surface area contributed by atoms with Gasteiger partial charge in [-0.15, -0.1) is 0 Å². The van der Waals surface area contributed by atoms with Gasteiger partial charge < -0.3 is 15.7 Å². The van der Waals surface area contributed by atoms with E-state index < -0.39 is 6.10 Å². The molecule has 0 bridgehead atoms. The van der Waals surface area contributed by atoms with Crippen molar-refractivity contribution < 1.29 is 9.90 Å². The molecule has 0 radical (unpaired) electrons. The average Bonchev–Trinajstić information content (AvgIpc) is 2.73. The largest absolute Gasteiger partial charge is 0.392 e. The van der Waals surface area contributed by atoms with Gasteiger partial charge >= 0.3 is 0 Å². The molecule has 92 valence electrons. The van der Waals surface area contributed by atoms with Crippen molar-refractivity contribution in [1.82, 2.24) is 10.6 Å². The highest BCUT2D eigenvalue weighted by Crippen LogP contribution is 2.11. The molecule has 3 N–H and O–H groups in total. The molecule has 1 heterocycles. The van der Waals surface area contributed by atoms with E-state index in [1.807, 2.05) is 18.2 Å². The highest BCUT2D eigenvalue weighted by Gasteiger charge is 2.27. The van der Waals surface area contributed by atoms with Crippen LogP contribution in [0.3, 0.4) is 0 Å². The summed E-state index contributed by atoms with van der Waals surface area (Å²) in [6.07, 6.45) is 0.0541. The average molecular weight is 255 g/mol. The van der Waals surface area contributed by atoms with Crippen LogP contribution < -0.4 is 10.6 Å². The summed E-state index contributed by atoms with van der Waals surface area (Å²) in [7, 11) is 0. The van der Waals surface area contributed by atoms with Crippen molar-refractivity contribution in [3.05, 3.63) is 34.9 Å². The third-order valence-corrected chi connectivity index (χ3v) is 3.02. The first-order valence-electron chi connectivity index (χ1n) is 5.59.